The molecule has 7 rings (SSSR count). The monoisotopic (exact) mass is 395 g/mol. The third-order valence-corrected chi connectivity index (χ3v) is 9.00. The van der Waals surface area contributed by atoms with Crippen LogP contribution >= 0.6 is 0 Å². The number of fused-ring (bicyclic) bond motifs is 2. The van der Waals surface area contributed by atoms with Crippen LogP contribution in [0, 0.1) is 11.8 Å². The number of methoxy groups -OCH3 is 2. The molecule has 4 fully saturated rings. The van der Waals surface area contributed by atoms with Gasteiger partial charge in [-0.25, -0.2) is 0 Å². The number of quaternary nitrogens is 1. The molecule has 6 aliphatic rings. The van der Waals surface area contributed by atoms with Crippen molar-refractivity contribution in [3.05, 3.63) is 29.3 Å². The Kier molecular flexibility index (Phi) is 3.08. The molecular formula is C23H27N2O4+. The van der Waals surface area contributed by atoms with Crippen LogP contribution in [0.4, 0.5) is 5.69 Å². The Balaban J connectivity index is 1.52. The zero-order valence-electron chi connectivity index (χ0n) is 16.9. The fourth-order valence-corrected chi connectivity index (χ4v) is 8.09. The summed E-state index contributed by atoms with van der Waals surface area (Å²) >= 11 is 0. The summed E-state index contributed by atoms with van der Waals surface area (Å²) in [6, 6.07) is 5.00. The number of anilines is 1. The van der Waals surface area contributed by atoms with E-state index in [0.717, 1.165) is 24.4 Å². The summed E-state index contributed by atoms with van der Waals surface area (Å²) in [6.07, 6.45) is 5.22. The van der Waals surface area contributed by atoms with Crippen molar-refractivity contribution < 1.29 is 23.9 Å². The molecule has 3 saturated heterocycles. The average molecular weight is 395 g/mol. The first-order chi connectivity index (χ1) is 14.2. The van der Waals surface area contributed by atoms with Gasteiger partial charge in [-0.1, -0.05) is 6.08 Å². The number of benzene rings is 1. The molecule has 1 aromatic carbocycles. The molecule has 1 amide bonds. The van der Waals surface area contributed by atoms with E-state index in [2.05, 4.69) is 23.1 Å². The Morgan fingerprint density at radius 1 is 1.24 bits per heavy atom. The highest BCUT2D eigenvalue weighted by Crippen LogP contribution is 2.63. The largest absolute Gasteiger partial charge is 0.493 e. The Labute approximate surface area is 170 Å². The normalized spacial score (nSPS) is 42.9. The number of piperidine rings is 2. The summed E-state index contributed by atoms with van der Waals surface area (Å²) in [5.74, 6) is 2.63. The van der Waals surface area contributed by atoms with Crippen molar-refractivity contribution in [3.8, 4) is 11.5 Å². The second kappa shape index (κ2) is 5.35. The first-order valence-electron chi connectivity index (χ1n) is 10.9. The number of amides is 1. The van der Waals surface area contributed by atoms with Gasteiger partial charge in [-0.3, -0.25) is 4.79 Å². The van der Waals surface area contributed by atoms with Crippen LogP contribution in [0.5, 0.6) is 11.5 Å². The molecule has 0 aromatic heterocycles. The molecule has 29 heavy (non-hydrogen) atoms. The highest BCUT2D eigenvalue weighted by atomic mass is 16.5. The molecule has 152 valence electrons. The minimum Gasteiger partial charge on any atom is -0.493 e. The van der Waals surface area contributed by atoms with E-state index in [1.165, 1.54) is 18.5 Å². The average Bonchev–Trinajstić information content (AvgIpc) is 3.20. The molecule has 1 unspecified atom stereocenters. The van der Waals surface area contributed by atoms with Crippen molar-refractivity contribution >= 4 is 11.6 Å². The van der Waals surface area contributed by atoms with Gasteiger partial charge in [-0.05, 0) is 23.1 Å². The lowest BCUT2D eigenvalue weighted by atomic mass is 9.53. The van der Waals surface area contributed by atoms with Crippen LogP contribution in [0.15, 0.2) is 23.8 Å². The lowest BCUT2D eigenvalue weighted by molar-refractivity contribution is -0.916. The highest BCUT2D eigenvalue weighted by Gasteiger charge is 2.73. The van der Waals surface area contributed by atoms with E-state index in [0.29, 0.717) is 36.7 Å². The zero-order chi connectivity index (χ0) is 19.5. The van der Waals surface area contributed by atoms with E-state index >= 15 is 0 Å². The van der Waals surface area contributed by atoms with Crippen molar-refractivity contribution in [2.75, 3.05) is 38.8 Å². The maximum absolute atomic E-state index is 13.5. The van der Waals surface area contributed by atoms with Crippen LogP contribution in [-0.4, -0.2) is 58.0 Å². The second-order valence-electron chi connectivity index (χ2n) is 9.64. The number of carbonyl (C=O) groups excluding carboxylic acids is 1. The van der Waals surface area contributed by atoms with E-state index in [-0.39, 0.29) is 23.5 Å². The first kappa shape index (κ1) is 16.7. The summed E-state index contributed by atoms with van der Waals surface area (Å²) in [5.41, 5.74) is 3.96. The Hall–Kier alpha value is -2.05. The van der Waals surface area contributed by atoms with E-state index in [1.54, 1.807) is 24.7 Å². The summed E-state index contributed by atoms with van der Waals surface area (Å²) in [7, 11) is 3.37. The van der Waals surface area contributed by atoms with E-state index < -0.39 is 0 Å². The third kappa shape index (κ3) is 1.76. The topological polar surface area (TPSA) is 52.4 Å². The van der Waals surface area contributed by atoms with Crippen molar-refractivity contribution in [2.24, 2.45) is 11.8 Å². The maximum Gasteiger partial charge on any atom is 0.229 e. The number of hydrogen-bond donors (Lipinski definition) is 1. The Bertz CT molecular complexity index is 974. The number of carbonyl (C=O) groups is 1. The van der Waals surface area contributed by atoms with Gasteiger partial charge in [-0.15, -0.1) is 0 Å². The number of ether oxygens (including phenoxy) is 3. The molecule has 0 radical (unpaired) electrons. The highest BCUT2D eigenvalue weighted by molar-refractivity contribution is 5.99. The van der Waals surface area contributed by atoms with Crippen LogP contribution < -0.4 is 19.3 Å². The second-order valence-corrected chi connectivity index (χ2v) is 9.64. The van der Waals surface area contributed by atoms with Crippen molar-refractivity contribution in [2.45, 2.75) is 42.9 Å². The molecule has 1 saturated carbocycles. The van der Waals surface area contributed by atoms with Gasteiger partial charge < -0.3 is 24.0 Å². The van der Waals surface area contributed by atoms with E-state index in [4.69, 9.17) is 14.2 Å². The first-order valence-corrected chi connectivity index (χ1v) is 10.9. The van der Waals surface area contributed by atoms with Crippen LogP contribution in [0.2, 0.25) is 0 Å². The number of hydrogen-bond acceptors (Lipinski definition) is 4. The number of nitrogens with one attached hydrogen (secondary N) is 1. The zero-order valence-corrected chi connectivity index (χ0v) is 16.9. The Morgan fingerprint density at radius 2 is 2.07 bits per heavy atom. The van der Waals surface area contributed by atoms with E-state index in [1.807, 2.05) is 0 Å². The van der Waals surface area contributed by atoms with Gasteiger partial charge in [0.2, 0.25) is 5.91 Å². The van der Waals surface area contributed by atoms with Crippen LogP contribution in [0.1, 0.15) is 24.8 Å². The lowest BCUT2D eigenvalue weighted by Gasteiger charge is -2.56. The van der Waals surface area contributed by atoms with Gasteiger partial charge >= 0.3 is 0 Å². The van der Waals surface area contributed by atoms with Crippen molar-refractivity contribution in [1.82, 2.24) is 0 Å². The predicted octanol–water partition coefficient (Wildman–Crippen LogP) is 0.693. The predicted molar refractivity (Wildman–Crippen MR) is 106 cm³/mol. The van der Waals surface area contributed by atoms with Gasteiger partial charge in [0.05, 0.1) is 63.6 Å². The van der Waals surface area contributed by atoms with Crippen molar-refractivity contribution in [3.63, 3.8) is 0 Å². The van der Waals surface area contributed by atoms with Gasteiger partial charge in [0.15, 0.2) is 11.5 Å². The molecule has 1 aliphatic carbocycles. The molecule has 1 aromatic rings. The molecule has 6 nitrogen and oxygen atoms in total. The third-order valence-electron chi connectivity index (χ3n) is 9.00. The smallest absolute Gasteiger partial charge is 0.229 e. The molecule has 1 spiro atoms. The number of nitrogens with zero attached hydrogens (tertiary/aromatic N) is 1. The summed E-state index contributed by atoms with van der Waals surface area (Å²) in [6.45, 7) is 2.98. The molecule has 6 heteroatoms. The van der Waals surface area contributed by atoms with Crippen LogP contribution in [0.25, 0.3) is 0 Å². The molecule has 7 atom stereocenters. The molecule has 1 N–H and O–H groups in total. The van der Waals surface area contributed by atoms with Gasteiger partial charge in [0.1, 0.15) is 6.04 Å². The molecule has 5 heterocycles. The minimum atomic E-state index is 0.0128. The Morgan fingerprint density at radius 3 is 2.90 bits per heavy atom. The minimum absolute atomic E-state index is 0.0128. The van der Waals surface area contributed by atoms with E-state index in [9.17, 15) is 4.79 Å². The summed E-state index contributed by atoms with van der Waals surface area (Å²) < 4.78 is 17.6. The van der Waals surface area contributed by atoms with Crippen LogP contribution in [0.3, 0.4) is 0 Å². The molecule has 2 bridgehead atoms. The summed E-state index contributed by atoms with van der Waals surface area (Å²) in [5, 5.41) is 0. The SMILES string of the molecule is COc1cc2c(cc1OC)[C@@]13CC[NH+]4CC5=CCO[C@H]6CC(=O)N2[C@H]1[C@H]6[C@H]5C[C@H]43. The fourth-order valence-electron chi connectivity index (χ4n) is 8.09. The van der Waals surface area contributed by atoms with Gasteiger partial charge in [0.25, 0.3) is 0 Å². The maximum atomic E-state index is 13.5. The lowest BCUT2D eigenvalue weighted by Crippen LogP contribution is -3.16. The molecule has 5 aliphatic heterocycles. The fraction of sp³-hybridized carbons (Fsp3) is 0.609. The number of rotatable bonds is 2. The van der Waals surface area contributed by atoms with Gasteiger partial charge in [-0.2, -0.15) is 0 Å². The summed E-state index contributed by atoms with van der Waals surface area (Å²) in [4.78, 5) is 17.3. The van der Waals surface area contributed by atoms with Crippen molar-refractivity contribution in [1.29, 1.82) is 0 Å². The standard InChI is InChI=1S/C23H26N2O4/c1-27-16-8-14-15(9-17(16)28-2)25-20(26)10-18-21-13-7-19-23(14,22(21)25)4-5-24(19)11-12(13)3-6-29-18/h3,8-9,13,18-19,21-22H,4-7,10-11H2,1-2H3/p+1/t13-,18-,19-,21-,22-,23+/m0/s1. The quantitative estimate of drug-likeness (QED) is 0.749. The van der Waals surface area contributed by atoms with Crippen LogP contribution in [-0.2, 0) is 14.9 Å². The van der Waals surface area contributed by atoms with Gasteiger partial charge in [0, 0.05) is 24.8 Å². The molecular weight excluding hydrogens is 368 g/mol.